The molecule has 1 heterocycles. The predicted molar refractivity (Wildman–Crippen MR) is 71.6 cm³/mol. The summed E-state index contributed by atoms with van der Waals surface area (Å²) < 4.78 is 20.0. The largest absolute Gasteiger partial charge is 0.463 e. The van der Waals surface area contributed by atoms with Crippen molar-refractivity contribution in [3.05, 3.63) is 10.4 Å². The van der Waals surface area contributed by atoms with Gasteiger partial charge in [-0.05, 0) is 5.53 Å². The van der Waals surface area contributed by atoms with Crippen molar-refractivity contribution in [2.75, 3.05) is 6.61 Å². The zero-order valence-corrected chi connectivity index (χ0v) is 12.7. The molecule has 0 radical (unpaired) electrons. The van der Waals surface area contributed by atoms with Crippen LogP contribution in [0.2, 0.25) is 0 Å². The number of hydrogen-bond donors (Lipinski definition) is 1. The van der Waals surface area contributed by atoms with Crippen LogP contribution < -0.4 is 0 Å². The van der Waals surface area contributed by atoms with E-state index in [9.17, 15) is 19.5 Å². The van der Waals surface area contributed by atoms with Crippen LogP contribution in [-0.2, 0) is 33.3 Å². The van der Waals surface area contributed by atoms with Gasteiger partial charge in [0.05, 0.1) is 0 Å². The summed E-state index contributed by atoms with van der Waals surface area (Å²) in [5, 5.41) is 13.2. The molecule has 1 fully saturated rings. The van der Waals surface area contributed by atoms with E-state index in [1.807, 2.05) is 0 Å². The number of carbonyl (C=O) groups excluding carboxylic acids is 3. The minimum atomic E-state index is -1.64. The Labute approximate surface area is 131 Å². The van der Waals surface area contributed by atoms with Gasteiger partial charge in [0.1, 0.15) is 18.8 Å². The van der Waals surface area contributed by atoms with E-state index in [1.165, 1.54) is 0 Å². The van der Waals surface area contributed by atoms with Crippen LogP contribution in [-0.4, -0.2) is 60.3 Å². The molecular formula is C12H17N3O8. The Kier molecular flexibility index (Phi) is 6.76. The topological polar surface area (TPSA) is 157 Å². The van der Waals surface area contributed by atoms with Crippen LogP contribution in [0.15, 0.2) is 5.11 Å². The first-order valence-corrected chi connectivity index (χ1v) is 6.61. The molecule has 11 nitrogen and oxygen atoms in total. The molecule has 128 valence electrons. The van der Waals surface area contributed by atoms with E-state index in [-0.39, 0.29) is 6.61 Å². The Balaban J connectivity index is 3.11. The Morgan fingerprint density at radius 1 is 1.13 bits per heavy atom. The predicted octanol–water partition coefficient (Wildman–Crippen LogP) is -0.191. The van der Waals surface area contributed by atoms with Gasteiger partial charge < -0.3 is 24.1 Å². The zero-order chi connectivity index (χ0) is 17.6. The SMILES string of the molecule is CC(=O)OC[C@H]1OC(O)[C@H](N=[N+]=[N-])[C@@H](OC(C)=O)[C@H]1OC(C)=O. The number of azide groups is 1. The number of aliphatic hydroxyl groups excluding tert-OH is 1. The summed E-state index contributed by atoms with van der Waals surface area (Å²) in [6, 6.07) is -1.33. The van der Waals surface area contributed by atoms with Crippen molar-refractivity contribution in [3.8, 4) is 0 Å². The van der Waals surface area contributed by atoms with E-state index in [0.29, 0.717) is 0 Å². The van der Waals surface area contributed by atoms with Gasteiger partial charge in [-0.2, -0.15) is 0 Å². The number of hydrogen-bond acceptors (Lipinski definition) is 9. The molecular weight excluding hydrogens is 314 g/mol. The summed E-state index contributed by atoms with van der Waals surface area (Å²) in [6.07, 6.45) is -5.26. The average Bonchev–Trinajstić information content (AvgIpc) is 2.42. The summed E-state index contributed by atoms with van der Waals surface area (Å²) in [5.41, 5.74) is 8.57. The third kappa shape index (κ3) is 5.40. The molecule has 5 atom stereocenters. The van der Waals surface area contributed by atoms with E-state index in [1.54, 1.807) is 0 Å². The van der Waals surface area contributed by atoms with Crippen molar-refractivity contribution in [1.82, 2.24) is 0 Å². The van der Waals surface area contributed by atoms with E-state index in [0.717, 1.165) is 20.8 Å². The molecule has 1 aliphatic rings. The minimum absolute atomic E-state index is 0.356. The highest BCUT2D eigenvalue weighted by Gasteiger charge is 2.49. The highest BCUT2D eigenvalue weighted by Crippen LogP contribution is 2.28. The van der Waals surface area contributed by atoms with Gasteiger partial charge in [-0.15, -0.1) is 0 Å². The summed E-state index contributed by atoms with van der Waals surface area (Å²) in [6.45, 7) is 3.01. The molecule has 0 aliphatic carbocycles. The van der Waals surface area contributed by atoms with Crippen LogP contribution in [0.3, 0.4) is 0 Å². The molecule has 0 amide bonds. The normalized spacial score (nSPS) is 29.8. The standard InChI is InChI=1S/C12H17N3O8/c1-5(16)20-4-8-10(21-6(2)17)11(22-7(3)18)9(14-15-13)12(19)23-8/h8-12,19H,4H2,1-3H3/t8-,9-,10+,11-,12?/m1/s1. The number of rotatable bonds is 5. The Bertz CT molecular complexity index is 518. The van der Waals surface area contributed by atoms with Gasteiger partial charge in [0, 0.05) is 25.7 Å². The van der Waals surface area contributed by atoms with Gasteiger partial charge in [0.2, 0.25) is 0 Å². The van der Waals surface area contributed by atoms with Crippen molar-refractivity contribution < 1.29 is 38.4 Å². The number of aliphatic hydroxyl groups is 1. The fourth-order valence-corrected chi connectivity index (χ4v) is 2.08. The van der Waals surface area contributed by atoms with E-state index < -0.39 is 48.6 Å². The third-order valence-corrected chi connectivity index (χ3v) is 2.87. The first-order chi connectivity index (χ1) is 10.8. The first kappa shape index (κ1) is 18.7. The van der Waals surface area contributed by atoms with E-state index in [2.05, 4.69) is 10.0 Å². The Morgan fingerprint density at radius 2 is 1.70 bits per heavy atom. The van der Waals surface area contributed by atoms with E-state index in [4.69, 9.17) is 24.5 Å². The zero-order valence-electron chi connectivity index (χ0n) is 12.7. The maximum Gasteiger partial charge on any atom is 0.303 e. The second kappa shape index (κ2) is 8.32. The van der Waals surface area contributed by atoms with Crippen LogP contribution in [0.25, 0.3) is 10.4 Å². The second-order valence-corrected chi connectivity index (χ2v) is 4.71. The fourth-order valence-electron chi connectivity index (χ4n) is 2.08. The molecule has 0 aromatic carbocycles. The molecule has 1 N–H and O–H groups in total. The van der Waals surface area contributed by atoms with E-state index >= 15 is 0 Å². The molecule has 1 saturated heterocycles. The van der Waals surface area contributed by atoms with Gasteiger partial charge >= 0.3 is 17.9 Å². The van der Waals surface area contributed by atoms with Gasteiger partial charge in [0.15, 0.2) is 18.5 Å². The molecule has 0 bridgehead atoms. The average molecular weight is 331 g/mol. The monoisotopic (exact) mass is 331 g/mol. The lowest BCUT2D eigenvalue weighted by atomic mass is 9.97. The van der Waals surface area contributed by atoms with Crippen molar-refractivity contribution >= 4 is 17.9 Å². The number of nitrogens with zero attached hydrogens (tertiary/aromatic N) is 3. The summed E-state index contributed by atoms with van der Waals surface area (Å²) in [5.74, 6) is -2.09. The van der Waals surface area contributed by atoms with Crippen LogP contribution in [0.1, 0.15) is 20.8 Å². The van der Waals surface area contributed by atoms with Crippen LogP contribution in [0.5, 0.6) is 0 Å². The highest BCUT2D eigenvalue weighted by atomic mass is 16.7. The van der Waals surface area contributed by atoms with Crippen molar-refractivity contribution in [2.24, 2.45) is 5.11 Å². The van der Waals surface area contributed by atoms with Crippen LogP contribution in [0.4, 0.5) is 0 Å². The lowest BCUT2D eigenvalue weighted by Gasteiger charge is -2.41. The minimum Gasteiger partial charge on any atom is -0.463 e. The van der Waals surface area contributed by atoms with Crippen LogP contribution in [0, 0.1) is 0 Å². The second-order valence-electron chi connectivity index (χ2n) is 4.71. The smallest absolute Gasteiger partial charge is 0.303 e. The number of esters is 3. The lowest BCUT2D eigenvalue weighted by molar-refractivity contribution is -0.260. The Morgan fingerprint density at radius 3 is 2.17 bits per heavy atom. The third-order valence-electron chi connectivity index (χ3n) is 2.87. The molecule has 0 aromatic rings. The molecule has 0 spiro atoms. The Hall–Kier alpha value is -2.36. The summed E-state index contributed by atoms with van der Waals surface area (Å²) >= 11 is 0. The summed E-state index contributed by atoms with van der Waals surface area (Å²) in [7, 11) is 0. The van der Waals surface area contributed by atoms with Gasteiger partial charge in [-0.25, -0.2) is 0 Å². The molecule has 1 rings (SSSR count). The van der Waals surface area contributed by atoms with Gasteiger partial charge in [-0.3, -0.25) is 14.4 Å². The number of carbonyl (C=O) groups is 3. The van der Waals surface area contributed by atoms with Crippen molar-refractivity contribution in [3.63, 3.8) is 0 Å². The molecule has 23 heavy (non-hydrogen) atoms. The number of ether oxygens (including phenoxy) is 4. The highest BCUT2D eigenvalue weighted by molar-refractivity contribution is 5.67. The molecule has 0 aromatic heterocycles. The van der Waals surface area contributed by atoms with Gasteiger partial charge in [0.25, 0.3) is 0 Å². The maximum absolute atomic E-state index is 11.3. The van der Waals surface area contributed by atoms with Crippen LogP contribution >= 0.6 is 0 Å². The quantitative estimate of drug-likeness (QED) is 0.239. The molecule has 1 aliphatic heterocycles. The fraction of sp³-hybridized carbons (Fsp3) is 0.750. The summed E-state index contributed by atoms with van der Waals surface area (Å²) in [4.78, 5) is 36.0. The van der Waals surface area contributed by atoms with Gasteiger partial charge in [-0.1, -0.05) is 5.11 Å². The van der Waals surface area contributed by atoms with Crippen molar-refractivity contribution in [2.45, 2.75) is 51.4 Å². The molecule has 11 heteroatoms. The van der Waals surface area contributed by atoms with Crippen molar-refractivity contribution in [1.29, 1.82) is 0 Å². The molecule has 0 saturated carbocycles. The molecule has 1 unspecified atom stereocenters. The first-order valence-electron chi connectivity index (χ1n) is 6.61. The maximum atomic E-state index is 11.3. The lowest BCUT2D eigenvalue weighted by Crippen LogP contribution is -2.60.